The molecule has 10 heterocycles. The molecule has 0 bridgehead atoms. The van der Waals surface area contributed by atoms with Crippen LogP contribution in [0.2, 0.25) is 0 Å². The first-order valence-corrected chi connectivity index (χ1v) is 33.5. The average Bonchev–Trinajstić information content (AvgIpc) is 4.37. The maximum Gasteiger partial charge on any atom is 0.280 e. The van der Waals surface area contributed by atoms with Crippen LogP contribution in [-0.2, 0) is 9.59 Å². The predicted octanol–water partition coefficient (Wildman–Crippen LogP) is 17.5. The lowest BCUT2D eigenvalue weighted by Gasteiger charge is -2.15. The lowest BCUT2D eigenvalue weighted by atomic mass is 10.0. The van der Waals surface area contributed by atoms with Gasteiger partial charge < -0.3 is 9.47 Å². The molecule has 77 heavy (non-hydrogen) atoms. The molecule has 2 aliphatic heterocycles. The molecule has 10 aromatic rings. The number of carbonyl (C=O) groups excluding carboxylic acids is 2. The van der Waals surface area contributed by atoms with E-state index < -0.39 is 0 Å². The van der Waals surface area contributed by atoms with Gasteiger partial charge in [0.05, 0.1) is 51.9 Å². The molecule has 23 heteroatoms. The van der Waals surface area contributed by atoms with E-state index in [4.69, 9.17) is 53.8 Å². The van der Waals surface area contributed by atoms with Gasteiger partial charge in [-0.2, -0.15) is 0 Å². The molecule has 2 amide bonds. The average molecular weight is 1240 g/mol. The Hall–Kier alpha value is -4.60. The number of nitrogens with one attached hydrogen (secondary N) is 1. The number of hydrogen-bond acceptors (Lipinski definition) is 21. The Labute approximate surface area is 494 Å². The zero-order valence-electron chi connectivity index (χ0n) is 41.5. The molecule has 390 valence electrons. The van der Waals surface area contributed by atoms with E-state index in [2.05, 4.69) is 55.7 Å². The molecule has 0 saturated carbocycles. The quantitative estimate of drug-likeness (QED) is 0.0470. The van der Waals surface area contributed by atoms with Crippen molar-refractivity contribution in [2.75, 3.05) is 27.3 Å². The van der Waals surface area contributed by atoms with E-state index in [0.29, 0.717) is 31.7 Å². The van der Waals surface area contributed by atoms with Crippen LogP contribution in [0.25, 0.3) is 102 Å². The number of nitrogens with zero attached hydrogens (tertiary/aromatic N) is 6. The number of likely N-dealkylation sites (N-methyl/N-ethyl adjacent to an activating group) is 1. The molecule has 2 aliphatic rings. The maximum absolute atomic E-state index is 12.8. The van der Waals surface area contributed by atoms with Crippen molar-refractivity contribution in [3.8, 4) is 70.5 Å². The van der Waals surface area contributed by atoms with E-state index in [1.807, 2.05) is 49.1 Å². The largest absolute Gasteiger partial charge is 0.491 e. The lowest BCUT2D eigenvalue weighted by molar-refractivity contribution is -0.124. The summed E-state index contributed by atoms with van der Waals surface area (Å²) in [4.78, 5) is 58.2. The Morgan fingerprint density at radius 3 is 1.36 bits per heavy atom. The SMILES string of the molecule is CCCCCOc1c2cc3cc(-c4cnc(-c5ncc(-c6ccc(/C=C7\SC(=S)N(NC)C7=O)s6)s5)s4)sc3c(OCCCCC)c2cc2cc(-c3cnc(-c4ncc(-c5ccc(/C=C6\SC(=S)N(C)C6=O)s5)s4)s3)sc12. The van der Waals surface area contributed by atoms with Crippen LogP contribution in [0.3, 0.4) is 0 Å². The first-order valence-electron chi connectivity index (χ1n) is 24.5. The number of thioether (sulfide) groups is 2. The zero-order valence-corrected chi connectivity index (χ0v) is 51.3. The fourth-order valence-electron chi connectivity index (χ4n) is 8.59. The van der Waals surface area contributed by atoms with Gasteiger partial charge >= 0.3 is 0 Å². The number of hydrogen-bond donors (Lipinski definition) is 1. The second kappa shape index (κ2) is 22.9. The number of hydrazine groups is 1. The number of amides is 2. The third-order valence-electron chi connectivity index (χ3n) is 12.5. The third-order valence-corrected chi connectivity index (χ3v) is 24.7. The highest BCUT2D eigenvalue weighted by atomic mass is 32.2. The maximum atomic E-state index is 12.8. The summed E-state index contributed by atoms with van der Waals surface area (Å²) in [5.41, 5.74) is 2.86. The summed E-state index contributed by atoms with van der Waals surface area (Å²) in [5, 5.41) is 9.17. The van der Waals surface area contributed by atoms with Gasteiger partial charge in [-0.15, -0.1) is 90.7 Å². The van der Waals surface area contributed by atoms with Gasteiger partial charge in [0.2, 0.25) is 0 Å². The van der Waals surface area contributed by atoms with Crippen LogP contribution in [0.15, 0.2) is 83.1 Å². The number of fused-ring (bicyclic) bond motifs is 3. The van der Waals surface area contributed by atoms with Crippen LogP contribution in [-0.4, -0.2) is 77.6 Å². The summed E-state index contributed by atoms with van der Waals surface area (Å²) in [6, 6.07) is 17.4. The highest BCUT2D eigenvalue weighted by Crippen LogP contribution is 2.52. The second-order valence-corrected chi connectivity index (χ2v) is 29.5. The number of carbonyl (C=O) groups is 2. The molecule has 2 fully saturated rings. The number of unbranched alkanes of at least 4 members (excludes halogenated alkanes) is 4. The summed E-state index contributed by atoms with van der Waals surface area (Å²) in [5.74, 6) is 1.58. The minimum atomic E-state index is -0.142. The number of ether oxygens (including phenoxy) is 2. The van der Waals surface area contributed by atoms with E-state index in [1.54, 1.807) is 105 Å². The Balaban J connectivity index is 0.842. The first-order chi connectivity index (χ1) is 37.5. The van der Waals surface area contributed by atoms with Gasteiger partial charge in [0, 0.05) is 78.9 Å². The van der Waals surface area contributed by atoms with Gasteiger partial charge in [0.15, 0.2) is 24.4 Å². The number of thiophene rings is 4. The molecule has 1 N–H and O–H groups in total. The van der Waals surface area contributed by atoms with E-state index in [9.17, 15) is 9.59 Å². The summed E-state index contributed by atoms with van der Waals surface area (Å²) in [7, 11) is 3.40. The van der Waals surface area contributed by atoms with Crippen molar-refractivity contribution in [1.82, 2.24) is 35.3 Å². The number of aromatic nitrogens is 4. The molecule has 8 aromatic heterocycles. The summed E-state index contributed by atoms with van der Waals surface area (Å²) in [6.07, 6.45) is 17.9. The van der Waals surface area contributed by atoms with Crippen LogP contribution in [0.5, 0.6) is 11.5 Å². The van der Waals surface area contributed by atoms with Gasteiger partial charge in [-0.1, -0.05) is 87.5 Å². The fourth-order valence-corrected chi connectivity index (χ4v) is 19.4. The number of benzene rings is 2. The third kappa shape index (κ3) is 10.7. The fraction of sp³-hybridized carbons (Fsp3) is 0.222. The van der Waals surface area contributed by atoms with Gasteiger partial charge in [0.1, 0.15) is 15.8 Å². The van der Waals surface area contributed by atoms with Crippen LogP contribution >= 0.6 is 139 Å². The van der Waals surface area contributed by atoms with Crippen molar-refractivity contribution in [3.05, 3.63) is 92.9 Å². The van der Waals surface area contributed by atoms with Crippen molar-refractivity contribution < 1.29 is 19.1 Å². The molecular weight excluding hydrogens is 1200 g/mol. The summed E-state index contributed by atoms with van der Waals surface area (Å²) < 4.78 is 17.1. The molecule has 12 rings (SSSR count). The second-order valence-electron chi connectivity index (χ2n) is 17.7. The molecule has 0 unspecified atom stereocenters. The molecule has 0 atom stereocenters. The Bertz CT molecular complexity index is 4010. The zero-order chi connectivity index (χ0) is 52.9. The first kappa shape index (κ1) is 53.1. The molecule has 11 nitrogen and oxygen atoms in total. The highest BCUT2D eigenvalue weighted by molar-refractivity contribution is 8.27. The Morgan fingerprint density at radius 1 is 0.532 bits per heavy atom. The highest BCUT2D eigenvalue weighted by Gasteiger charge is 2.32. The lowest BCUT2D eigenvalue weighted by Crippen LogP contribution is -2.38. The van der Waals surface area contributed by atoms with E-state index in [-0.39, 0.29) is 11.8 Å². The number of rotatable bonds is 19. The van der Waals surface area contributed by atoms with Gasteiger partial charge in [-0.25, -0.2) is 30.4 Å². The standard InChI is InChI=1S/C54H43N7O4S12/c1-5-7-9-15-64-43-32-18-28-20-36(42-26-59-50(75-42)48-57-24-40(73-48)34-14-12-30(69-34)22-38-52(63)61(55-3)54(67)77-38)71-46(28)44(65-16-10-8-6-2)31(32)17-27-19-35(70-45(27)43)41-25-58-49(74-41)47-56-23-39(72-47)33-13-11-29(68-33)21-37-51(62)60(4)53(66)76-37/h11-14,17-26,55H,5-10,15-16H2,1-4H3/b37-21-,38-22-. The number of thiocarbonyl (C=S) groups is 2. The molecule has 0 aliphatic carbocycles. The van der Waals surface area contributed by atoms with Crippen LogP contribution in [0.1, 0.15) is 62.1 Å². The van der Waals surface area contributed by atoms with Crippen molar-refractivity contribution in [3.63, 3.8) is 0 Å². The monoisotopic (exact) mass is 1240 g/mol. The smallest absolute Gasteiger partial charge is 0.280 e. The van der Waals surface area contributed by atoms with Crippen LogP contribution in [0.4, 0.5) is 0 Å². The number of thiazole rings is 4. The molecule has 0 radical (unpaired) electrons. The minimum absolute atomic E-state index is 0.0663. The Kier molecular flexibility index (Phi) is 15.8. The molecule has 2 aromatic carbocycles. The molecular formula is C54H43N7O4S12. The van der Waals surface area contributed by atoms with Crippen molar-refractivity contribution in [2.24, 2.45) is 0 Å². The van der Waals surface area contributed by atoms with Crippen molar-refractivity contribution >= 4 is 202 Å². The molecule has 2 saturated heterocycles. The van der Waals surface area contributed by atoms with E-state index in [1.165, 1.54) is 33.4 Å². The molecule has 0 spiro atoms. The topological polar surface area (TPSA) is 123 Å². The minimum Gasteiger partial charge on any atom is -0.491 e. The van der Waals surface area contributed by atoms with Crippen molar-refractivity contribution in [2.45, 2.75) is 52.4 Å². The van der Waals surface area contributed by atoms with E-state index in [0.717, 1.165) is 150 Å². The van der Waals surface area contributed by atoms with Crippen molar-refractivity contribution in [1.29, 1.82) is 0 Å². The van der Waals surface area contributed by atoms with Crippen LogP contribution in [0, 0.1) is 0 Å². The Morgan fingerprint density at radius 2 is 0.961 bits per heavy atom. The van der Waals surface area contributed by atoms with Crippen LogP contribution < -0.4 is 14.9 Å². The normalized spacial score (nSPS) is 15.2. The summed E-state index contributed by atoms with van der Waals surface area (Å²) in [6.45, 7) is 5.68. The predicted molar refractivity (Wildman–Crippen MR) is 341 cm³/mol. The van der Waals surface area contributed by atoms with E-state index >= 15 is 0 Å². The van der Waals surface area contributed by atoms with Gasteiger partial charge in [-0.05, 0) is 84.3 Å². The van der Waals surface area contributed by atoms with Gasteiger partial charge in [-0.3, -0.25) is 14.5 Å². The van der Waals surface area contributed by atoms with Gasteiger partial charge in [0.25, 0.3) is 11.8 Å². The summed E-state index contributed by atoms with van der Waals surface area (Å²) >= 11 is 26.6.